The second-order valence-corrected chi connectivity index (χ2v) is 20.5. The molecule has 5 aromatic rings. The molecule has 21 atom stereocenters. The van der Waals surface area contributed by atoms with Gasteiger partial charge in [-0.3, -0.25) is 9.59 Å². The zero-order valence-corrected chi connectivity index (χ0v) is 44.0. The van der Waals surface area contributed by atoms with Gasteiger partial charge in [-0.2, -0.15) is 0 Å². The van der Waals surface area contributed by atoms with Crippen LogP contribution in [-0.4, -0.2) is 234 Å². The monoisotopic (exact) mass is 1190 g/mol. The Bertz CT molecular complexity index is 3190. The van der Waals surface area contributed by atoms with Gasteiger partial charge in [0.2, 0.25) is 23.8 Å². The van der Waals surface area contributed by atoms with Gasteiger partial charge >= 0.3 is 0 Å². The fourth-order valence-electron chi connectivity index (χ4n) is 9.91. The third-order valence-electron chi connectivity index (χ3n) is 14.7. The van der Waals surface area contributed by atoms with E-state index in [1.807, 2.05) is 0 Å². The fraction of sp³-hybridized carbons (Fsp3) is 0.481. The van der Waals surface area contributed by atoms with E-state index < -0.39 is 199 Å². The molecule has 0 bridgehead atoms. The van der Waals surface area contributed by atoms with E-state index in [-0.39, 0.29) is 40.4 Å². The van der Waals surface area contributed by atoms with Crippen molar-refractivity contribution in [3.63, 3.8) is 0 Å². The zero-order valence-electron chi connectivity index (χ0n) is 44.0. The van der Waals surface area contributed by atoms with Crippen molar-refractivity contribution in [2.75, 3.05) is 13.2 Å². The maximum atomic E-state index is 13.6. The molecule has 6 heterocycles. The van der Waals surface area contributed by atoms with Crippen LogP contribution in [0, 0.1) is 0 Å². The van der Waals surface area contributed by atoms with Crippen LogP contribution in [-0.2, 0) is 28.4 Å². The molecule has 5 aliphatic heterocycles. The summed E-state index contributed by atoms with van der Waals surface area (Å²) in [4.78, 5) is 26.4. The Hall–Kier alpha value is -6.76. The van der Waals surface area contributed by atoms with Crippen molar-refractivity contribution < 1.29 is 144 Å². The van der Waals surface area contributed by atoms with Gasteiger partial charge in [-0.25, -0.2) is 0 Å². The number of Topliss-reactive ketones (excluding diaryl/α,β-unsaturated/α-hetero) is 1. The molecule has 0 aliphatic carbocycles. The van der Waals surface area contributed by atoms with Gasteiger partial charge in [0.15, 0.2) is 41.7 Å². The van der Waals surface area contributed by atoms with Crippen molar-refractivity contribution in [2.45, 2.75) is 149 Å². The smallest absolute Gasteiger partial charge is 0.239 e. The predicted molar refractivity (Wildman–Crippen MR) is 274 cm³/mol. The molecular weight excluding hydrogens is 1130 g/mol. The van der Waals surface area contributed by atoms with Crippen LogP contribution in [0.25, 0.3) is 22.3 Å². The largest absolute Gasteiger partial charge is 0.508 e. The Kier molecular flexibility index (Phi) is 18.4. The van der Waals surface area contributed by atoms with Crippen LogP contribution in [0.5, 0.6) is 51.7 Å². The second-order valence-electron chi connectivity index (χ2n) is 20.5. The lowest BCUT2D eigenvalue weighted by atomic mass is 9.95. The Morgan fingerprint density at radius 3 is 1.80 bits per heavy atom. The maximum Gasteiger partial charge on any atom is 0.239 e. The molecule has 1 unspecified atom stereocenters. The predicted octanol–water partition coefficient (Wildman–Crippen LogP) is -2.85. The van der Waals surface area contributed by atoms with E-state index in [9.17, 15) is 102 Å². The molecule has 0 radical (unpaired) electrons. The first-order valence-electron chi connectivity index (χ1n) is 26.0. The van der Waals surface area contributed by atoms with E-state index in [0.717, 1.165) is 30.3 Å². The summed E-state index contributed by atoms with van der Waals surface area (Å²) in [5, 5.41) is 183. The lowest BCUT2D eigenvalue weighted by Crippen LogP contribution is -2.64. The fourth-order valence-corrected chi connectivity index (χ4v) is 9.91. The van der Waals surface area contributed by atoms with Crippen LogP contribution in [0.3, 0.4) is 0 Å². The molecule has 4 fully saturated rings. The number of benzene rings is 4. The minimum absolute atomic E-state index is 0.0149. The van der Waals surface area contributed by atoms with Gasteiger partial charge < -0.3 is 139 Å². The quantitative estimate of drug-likeness (QED) is 0.0559. The minimum Gasteiger partial charge on any atom is -0.508 e. The summed E-state index contributed by atoms with van der Waals surface area (Å²) in [5.74, 6) is -4.28. The van der Waals surface area contributed by atoms with Crippen molar-refractivity contribution in [3.05, 3.63) is 88.1 Å². The average molecular weight is 1190 g/mol. The molecule has 0 spiro atoms. The number of fused-ring (bicyclic) bond motifs is 2. The highest BCUT2D eigenvalue weighted by molar-refractivity contribution is 6.02. The second kappa shape index (κ2) is 25.1. The molecule has 30 heteroatoms. The Labute approximate surface area is 473 Å². The number of hydrogen-bond donors (Lipinski definition) is 18. The lowest BCUT2D eigenvalue weighted by Gasteiger charge is -2.45. The Morgan fingerprint density at radius 2 is 1.14 bits per heavy atom. The highest BCUT2D eigenvalue weighted by Gasteiger charge is 2.52. The van der Waals surface area contributed by atoms with E-state index >= 15 is 0 Å². The number of aromatic hydroxyl groups is 6. The standard InChI is InChI=1S/C27H30O16.C27H32O14/c1-8-17(32)20(35)22(37)26(40-8)39-7-15-18(33)21(36)23(38)27(42-15)43-25-19(34)16-13(31)5-10(28)6-14(16)41-24(25)9-2-3-11(29)12(30)4-9;1-10-20(32)22(34)24(36)26(37-10)41-25-23(35)21(33)18(9-28)40-27(25)38-13-6-14(30)19-15(31)8-16(39-17(19)7-13)11-2-4-12(29)5-3-11/h2-6,8,15,17-18,20-23,26-33,35-38H,7H2,1H3;2-7,10,16,18,20-30,32-36H,8-9H2,1H3/t8-,15+,17-,18+,20+,21-,22+,23+,26+,27-;10-,16?,18+,20-,21+,22+,23-,24+,25+,26-,27+/m00/s1. The van der Waals surface area contributed by atoms with E-state index in [2.05, 4.69) is 0 Å². The summed E-state index contributed by atoms with van der Waals surface area (Å²) in [7, 11) is 0. The van der Waals surface area contributed by atoms with E-state index in [1.54, 1.807) is 12.1 Å². The van der Waals surface area contributed by atoms with E-state index in [4.69, 9.17) is 47.0 Å². The number of phenols is 6. The highest BCUT2D eigenvalue weighted by atomic mass is 16.8. The van der Waals surface area contributed by atoms with Gasteiger partial charge in [-0.1, -0.05) is 12.1 Å². The van der Waals surface area contributed by atoms with Crippen molar-refractivity contribution in [2.24, 2.45) is 0 Å². The Morgan fingerprint density at radius 1 is 0.536 bits per heavy atom. The summed E-state index contributed by atoms with van der Waals surface area (Å²) in [6.07, 6.45) is -32.2. The molecule has 18 N–H and O–H groups in total. The number of aliphatic hydroxyl groups excluding tert-OH is 12. The number of carbonyl (C=O) groups excluding carboxylic acids is 1. The third kappa shape index (κ3) is 12.4. The van der Waals surface area contributed by atoms with Crippen molar-refractivity contribution in [1.82, 2.24) is 0 Å². The first kappa shape index (κ1) is 61.8. The number of rotatable bonds is 12. The molecule has 1 aromatic heterocycles. The number of ketones is 1. The molecule has 5 aliphatic rings. The molecular formula is C54H62O30. The normalized spacial score (nSPS) is 35.1. The number of aliphatic hydroxyl groups is 12. The molecule has 10 rings (SSSR count). The van der Waals surface area contributed by atoms with Gasteiger partial charge in [0, 0.05) is 29.8 Å². The Balaban J connectivity index is 0.000000202. The van der Waals surface area contributed by atoms with Crippen LogP contribution in [0.4, 0.5) is 0 Å². The number of ether oxygens (including phenoxy) is 9. The van der Waals surface area contributed by atoms with Gasteiger partial charge in [0.25, 0.3) is 0 Å². The van der Waals surface area contributed by atoms with Crippen molar-refractivity contribution >= 4 is 16.8 Å². The minimum atomic E-state index is -1.97. The van der Waals surface area contributed by atoms with Crippen LogP contribution >= 0.6 is 0 Å². The van der Waals surface area contributed by atoms with E-state index in [0.29, 0.717) is 5.56 Å². The SMILES string of the molecule is C[C@@H]1O[C@@H](OC[C@H]2O[C@@H](Oc3c(-c4ccc(O)c(O)c4)oc4cc(O)cc(O)c4c3=O)[C@H](O)[C@@H](O)[C@@H]2O)[C@H](O)[C@H](O)[C@H]1O.C[C@@H]1O[C@@H](O[C@H]2[C@H](Oc3cc(O)c4c(c3)OC(c3ccc(O)cc3)CC4=O)O[C@H](CO)[C@@H](O)[C@@H]2O)[C@H](O)[C@H](O)[C@H]1O. The number of hydrogen-bond acceptors (Lipinski definition) is 30. The van der Waals surface area contributed by atoms with Crippen LogP contribution < -0.4 is 19.6 Å². The van der Waals surface area contributed by atoms with Crippen LogP contribution in [0.15, 0.2) is 75.9 Å². The summed E-state index contributed by atoms with van der Waals surface area (Å²) in [5.41, 5.74) is -0.820. The number of phenolic OH excluding ortho intramolecular Hbond substituents is 6. The average Bonchev–Trinajstić information content (AvgIpc) is 2.09. The summed E-state index contributed by atoms with van der Waals surface area (Å²) < 4.78 is 56.4. The van der Waals surface area contributed by atoms with Gasteiger partial charge in [-0.05, 0) is 49.7 Å². The number of carbonyl (C=O) groups is 1. The zero-order chi connectivity index (χ0) is 60.9. The van der Waals surface area contributed by atoms with Gasteiger partial charge in [-0.15, -0.1) is 0 Å². The van der Waals surface area contributed by atoms with Crippen LogP contribution in [0.1, 0.15) is 42.3 Å². The third-order valence-corrected chi connectivity index (χ3v) is 14.7. The molecule has 0 saturated carbocycles. The van der Waals surface area contributed by atoms with E-state index in [1.165, 1.54) is 38.1 Å². The first-order chi connectivity index (χ1) is 39.8. The molecule has 458 valence electrons. The lowest BCUT2D eigenvalue weighted by molar-refractivity contribution is -0.354. The molecule has 4 saturated heterocycles. The van der Waals surface area contributed by atoms with Crippen molar-refractivity contribution in [1.29, 1.82) is 0 Å². The molecule has 30 nitrogen and oxygen atoms in total. The maximum absolute atomic E-state index is 13.6. The van der Waals surface area contributed by atoms with Gasteiger partial charge in [0.05, 0.1) is 31.8 Å². The molecule has 4 aromatic carbocycles. The topological polar surface area (TPSA) is 494 Å². The van der Waals surface area contributed by atoms with Crippen molar-refractivity contribution in [3.8, 4) is 63.1 Å². The van der Waals surface area contributed by atoms with Gasteiger partial charge in [0.1, 0.15) is 136 Å². The first-order valence-corrected chi connectivity index (χ1v) is 26.0. The molecule has 84 heavy (non-hydrogen) atoms. The summed E-state index contributed by atoms with van der Waals surface area (Å²) >= 11 is 0. The summed E-state index contributed by atoms with van der Waals surface area (Å²) in [6.45, 7) is 1.53. The molecule has 0 amide bonds. The van der Waals surface area contributed by atoms with Crippen LogP contribution in [0.2, 0.25) is 0 Å². The summed E-state index contributed by atoms with van der Waals surface area (Å²) in [6, 6.07) is 13.7. The highest BCUT2D eigenvalue weighted by Crippen LogP contribution is 2.44.